The van der Waals surface area contributed by atoms with Crippen LogP contribution in [0.25, 0.3) is 0 Å². The van der Waals surface area contributed by atoms with Crippen molar-refractivity contribution in [3.05, 3.63) is 34.1 Å². The molecule has 0 radical (unpaired) electrons. The monoisotopic (exact) mass is 303 g/mol. The third kappa shape index (κ3) is 4.37. The van der Waals surface area contributed by atoms with Gasteiger partial charge in [0, 0.05) is 22.6 Å². The third-order valence-electron chi connectivity index (χ3n) is 2.98. The van der Waals surface area contributed by atoms with Gasteiger partial charge in [-0.1, -0.05) is 22.9 Å². The van der Waals surface area contributed by atoms with Crippen molar-refractivity contribution in [3.8, 4) is 0 Å². The van der Waals surface area contributed by atoms with Gasteiger partial charge < -0.3 is 10.4 Å². The summed E-state index contributed by atoms with van der Waals surface area (Å²) in [6.07, 6.45) is 0.660. The summed E-state index contributed by atoms with van der Waals surface area (Å²) in [6.45, 7) is 6.02. The van der Waals surface area contributed by atoms with Crippen molar-refractivity contribution < 1.29 is 9.50 Å². The summed E-state index contributed by atoms with van der Waals surface area (Å²) < 4.78 is 14.5. The molecule has 96 valence electrons. The minimum absolute atomic E-state index is 0.134. The van der Waals surface area contributed by atoms with Crippen molar-refractivity contribution in [1.29, 1.82) is 0 Å². The van der Waals surface area contributed by atoms with Crippen molar-refractivity contribution in [2.24, 2.45) is 0 Å². The third-order valence-corrected chi connectivity index (χ3v) is 3.47. The summed E-state index contributed by atoms with van der Waals surface area (Å²) in [7, 11) is 0. The minimum atomic E-state index is -0.753. The Bertz CT molecular complexity index is 382. The molecule has 2 unspecified atom stereocenters. The van der Waals surface area contributed by atoms with E-state index in [0.717, 1.165) is 4.47 Å². The number of hydrogen-bond acceptors (Lipinski definition) is 2. The lowest BCUT2D eigenvalue weighted by molar-refractivity contribution is 0.0532. The molecule has 0 bridgehead atoms. The molecule has 2 N–H and O–H groups in total. The normalized spacial score (nSPS) is 16.6. The van der Waals surface area contributed by atoms with Gasteiger partial charge in [0.1, 0.15) is 5.82 Å². The second kappa shape index (κ2) is 5.94. The van der Waals surface area contributed by atoms with E-state index in [1.54, 1.807) is 19.1 Å². The molecule has 0 fully saturated rings. The molecule has 0 aromatic heterocycles. The van der Waals surface area contributed by atoms with Gasteiger partial charge in [-0.05, 0) is 38.5 Å². The Hall–Kier alpha value is -0.450. The second-order valence-corrected chi connectivity index (χ2v) is 5.53. The second-order valence-electron chi connectivity index (χ2n) is 4.62. The van der Waals surface area contributed by atoms with Crippen LogP contribution in [0.15, 0.2) is 22.7 Å². The molecule has 0 aliphatic rings. The van der Waals surface area contributed by atoms with Gasteiger partial charge in [0.25, 0.3) is 0 Å². The predicted molar refractivity (Wildman–Crippen MR) is 71.4 cm³/mol. The van der Waals surface area contributed by atoms with Crippen molar-refractivity contribution in [1.82, 2.24) is 5.32 Å². The van der Waals surface area contributed by atoms with E-state index >= 15 is 0 Å². The molecule has 0 aliphatic heterocycles. The molecule has 0 saturated carbocycles. The van der Waals surface area contributed by atoms with Gasteiger partial charge in [-0.2, -0.15) is 0 Å². The lowest BCUT2D eigenvalue weighted by Crippen LogP contribution is -2.38. The first-order valence-electron chi connectivity index (χ1n) is 5.76. The molecular weight excluding hydrogens is 285 g/mol. The molecule has 4 heteroatoms. The fourth-order valence-electron chi connectivity index (χ4n) is 1.45. The summed E-state index contributed by atoms with van der Waals surface area (Å²) in [5.41, 5.74) is -0.150. The van der Waals surface area contributed by atoms with Crippen LogP contribution in [0.4, 0.5) is 4.39 Å². The standard InChI is InChI=1S/C13H19BrFNO/c1-4-13(3,17)8-16-9(2)11-7-10(14)5-6-12(11)15/h5-7,9,16-17H,4,8H2,1-3H3. The van der Waals surface area contributed by atoms with E-state index in [0.29, 0.717) is 18.5 Å². The van der Waals surface area contributed by atoms with Gasteiger partial charge in [-0.25, -0.2) is 4.39 Å². The van der Waals surface area contributed by atoms with Crippen molar-refractivity contribution in [2.45, 2.75) is 38.8 Å². The van der Waals surface area contributed by atoms with Crippen molar-refractivity contribution >= 4 is 15.9 Å². The summed E-state index contributed by atoms with van der Waals surface area (Å²) in [5.74, 6) is -0.232. The zero-order valence-corrected chi connectivity index (χ0v) is 12.0. The van der Waals surface area contributed by atoms with E-state index in [-0.39, 0.29) is 11.9 Å². The summed E-state index contributed by atoms with van der Waals surface area (Å²) in [5, 5.41) is 13.0. The first kappa shape index (κ1) is 14.6. The fraction of sp³-hybridized carbons (Fsp3) is 0.538. The topological polar surface area (TPSA) is 32.3 Å². The van der Waals surface area contributed by atoms with Crippen LogP contribution in [0.5, 0.6) is 0 Å². The van der Waals surface area contributed by atoms with E-state index in [2.05, 4.69) is 21.2 Å². The maximum atomic E-state index is 13.6. The first-order chi connectivity index (χ1) is 7.85. The Morgan fingerprint density at radius 1 is 1.53 bits per heavy atom. The molecule has 0 aliphatic carbocycles. The summed E-state index contributed by atoms with van der Waals surface area (Å²) >= 11 is 3.33. The number of rotatable bonds is 5. The van der Waals surface area contributed by atoms with Gasteiger partial charge in [-0.15, -0.1) is 0 Å². The van der Waals surface area contributed by atoms with Gasteiger partial charge in [-0.3, -0.25) is 0 Å². The number of halogens is 2. The zero-order chi connectivity index (χ0) is 13.1. The van der Waals surface area contributed by atoms with E-state index in [9.17, 15) is 9.50 Å². The molecule has 0 heterocycles. The average molecular weight is 304 g/mol. The largest absolute Gasteiger partial charge is 0.389 e. The van der Waals surface area contributed by atoms with Gasteiger partial charge in [0.05, 0.1) is 5.60 Å². The molecule has 0 saturated heterocycles. The molecular formula is C13H19BrFNO. The van der Waals surface area contributed by atoms with Gasteiger partial charge in [0.15, 0.2) is 0 Å². The van der Waals surface area contributed by atoms with E-state index in [1.165, 1.54) is 6.07 Å². The van der Waals surface area contributed by atoms with Crippen LogP contribution < -0.4 is 5.32 Å². The lowest BCUT2D eigenvalue weighted by atomic mass is 10.0. The maximum Gasteiger partial charge on any atom is 0.128 e. The predicted octanol–water partition coefficient (Wildman–Crippen LogP) is 3.40. The number of hydrogen-bond donors (Lipinski definition) is 2. The van der Waals surface area contributed by atoms with E-state index in [4.69, 9.17) is 0 Å². The molecule has 0 amide bonds. The smallest absolute Gasteiger partial charge is 0.128 e. The lowest BCUT2D eigenvalue weighted by Gasteiger charge is -2.25. The number of aliphatic hydroxyl groups is 1. The first-order valence-corrected chi connectivity index (χ1v) is 6.56. The Labute approximate surface area is 110 Å². The quantitative estimate of drug-likeness (QED) is 0.874. The van der Waals surface area contributed by atoms with E-state index in [1.807, 2.05) is 13.8 Å². The van der Waals surface area contributed by atoms with Crippen LogP contribution >= 0.6 is 15.9 Å². The van der Waals surface area contributed by atoms with Gasteiger partial charge in [0.2, 0.25) is 0 Å². The molecule has 1 aromatic rings. The van der Waals surface area contributed by atoms with Crippen molar-refractivity contribution in [2.75, 3.05) is 6.54 Å². The van der Waals surface area contributed by atoms with Gasteiger partial charge >= 0.3 is 0 Å². The van der Waals surface area contributed by atoms with Crippen molar-refractivity contribution in [3.63, 3.8) is 0 Å². The Kier molecular flexibility index (Phi) is 5.10. The van der Waals surface area contributed by atoms with Crippen LogP contribution in [0.3, 0.4) is 0 Å². The van der Waals surface area contributed by atoms with Crippen LogP contribution in [0.2, 0.25) is 0 Å². The molecule has 2 atom stereocenters. The Balaban J connectivity index is 2.70. The van der Waals surface area contributed by atoms with Crippen LogP contribution in [-0.2, 0) is 0 Å². The highest BCUT2D eigenvalue weighted by Crippen LogP contribution is 2.22. The highest BCUT2D eigenvalue weighted by molar-refractivity contribution is 9.10. The average Bonchev–Trinajstić information content (AvgIpc) is 2.29. The fourth-order valence-corrected chi connectivity index (χ4v) is 1.83. The molecule has 1 rings (SSSR count). The summed E-state index contributed by atoms with van der Waals surface area (Å²) in [4.78, 5) is 0. The zero-order valence-electron chi connectivity index (χ0n) is 10.4. The molecule has 2 nitrogen and oxygen atoms in total. The SMILES string of the molecule is CCC(C)(O)CNC(C)c1cc(Br)ccc1F. The molecule has 1 aromatic carbocycles. The highest BCUT2D eigenvalue weighted by atomic mass is 79.9. The van der Waals surface area contributed by atoms with Crippen LogP contribution in [0, 0.1) is 5.82 Å². The van der Waals surface area contributed by atoms with E-state index < -0.39 is 5.60 Å². The van der Waals surface area contributed by atoms with Crippen LogP contribution in [-0.4, -0.2) is 17.3 Å². The molecule has 0 spiro atoms. The molecule has 17 heavy (non-hydrogen) atoms. The minimum Gasteiger partial charge on any atom is -0.389 e. The number of benzene rings is 1. The Morgan fingerprint density at radius 2 is 2.18 bits per heavy atom. The van der Waals surface area contributed by atoms with Crippen LogP contribution in [0.1, 0.15) is 38.8 Å². The number of nitrogens with one attached hydrogen (secondary N) is 1. The highest BCUT2D eigenvalue weighted by Gasteiger charge is 2.19. The summed E-state index contributed by atoms with van der Waals surface area (Å²) in [6, 6.07) is 4.74. The Morgan fingerprint density at radius 3 is 2.76 bits per heavy atom. The maximum absolute atomic E-state index is 13.6.